The van der Waals surface area contributed by atoms with E-state index in [1.165, 1.54) is 10.5 Å². The van der Waals surface area contributed by atoms with Gasteiger partial charge in [-0.2, -0.15) is 0 Å². The predicted molar refractivity (Wildman–Crippen MR) is 78.6 cm³/mol. The maximum atomic E-state index is 9.51. The minimum Gasteiger partial charge on any atom is -0.392 e. The Kier molecular flexibility index (Phi) is 6.00. The van der Waals surface area contributed by atoms with Crippen LogP contribution in [0.1, 0.15) is 32.4 Å². The summed E-state index contributed by atoms with van der Waals surface area (Å²) >= 11 is 5.28. The number of nitrogens with one attached hydrogen (secondary N) is 1. The summed E-state index contributed by atoms with van der Waals surface area (Å²) in [5, 5.41) is 12.9. The number of aliphatic hydroxyl groups is 1. The summed E-state index contributed by atoms with van der Waals surface area (Å²) in [6, 6.07) is 6.72. The van der Waals surface area contributed by atoms with Crippen LogP contribution >= 0.6 is 27.7 Å². The van der Waals surface area contributed by atoms with Crippen LogP contribution in [0, 0.1) is 0 Å². The molecular weight excluding hydrogens is 298 g/mol. The molecule has 0 aliphatic rings. The molecule has 1 aromatic carbocycles. The summed E-state index contributed by atoms with van der Waals surface area (Å²) in [4.78, 5) is 1.17. The van der Waals surface area contributed by atoms with Gasteiger partial charge in [-0.05, 0) is 54.5 Å². The zero-order valence-corrected chi connectivity index (χ0v) is 13.1. The number of hydrogen-bond donors (Lipinski definition) is 2. The number of hydrogen-bond acceptors (Lipinski definition) is 3. The van der Waals surface area contributed by atoms with E-state index in [1.54, 1.807) is 11.8 Å². The third kappa shape index (κ3) is 4.28. The first-order chi connectivity index (χ1) is 7.95. The van der Waals surface area contributed by atoms with E-state index in [-0.39, 0.29) is 11.4 Å². The molecule has 0 aliphatic carbocycles. The fourth-order valence-corrected chi connectivity index (χ4v) is 2.94. The number of benzene rings is 1. The van der Waals surface area contributed by atoms with Crippen LogP contribution in [-0.4, -0.2) is 23.5 Å². The molecular formula is C13H20BrNOS. The summed E-state index contributed by atoms with van der Waals surface area (Å²) in [7, 11) is 1.96. The van der Waals surface area contributed by atoms with Crippen molar-refractivity contribution in [2.75, 3.05) is 7.05 Å². The van der Waals surface area contributed by atoms with Gasteiger partial charge in [0, 0.05) is 20.7 Å². The lowest BCUT2D eigenvalue weighted by atomic mass is 10.1. The van der Waals surface area contributed by atoms with Crippen molar-refractivity contribution >= 4 is 27.7 Å². The van der Waals surface area contributed by atoms with Crippen molar-refractivity contribution in [2.45, 2.75) is 43.1 Å². The van der Waals surface area contributed by atoms with Gasteiger partial charge < -0.3 is 10.4 Å². The molecule has 0 saturated heterocycles. The second-order valence-electron chi connectivity index (χ2n) is 4.26. The third-order valence-electron chi connectivity index (χ3n) is 2.88. The van der Waals surface area contributed by atoms with E-state index in [1.807, 2.05) is 20.9 Å². The van der Waals surface area contributed by atoms with E-state index in [9.17, 15) is 5.11 Å². The molecule has 0 saturated carbocycles. The molecule has 4 heteroatoms. The molecule has 0 radical (unpaired) electrons. The van der Waals surface area contributed by atoms with Crippen LogP contribution < -0.4 is 5.32 Å². The highest BCUT2D eigenvalue weighted by Gasteiger charge is 2.13. The molecule has 3 unspecified atom stereocenters. The number of halogens is 1. The second-order valence-corrected chi connectivity index (χ2v) is 6.54. The molecule has 17 heavy (non-hydrogen) atoms. The van der Waals surface area contributed by atoms with Gasteiger partial charge in [-0.1, -0.05) is 13.0 Å². The molecule has 0 amide bonds. The highest BCUT2D eigenvalue weighted by molar-refractivity contribution is 9.10. The first-order valence-corrected chi connectivity index (χ1v) is 7.44. The fourth-order valence-electron chi connectivity index (χ4n) is 1.35. The maximum absolute atomic E-state index is 9.51. The van der Waals surface area contributed by atoms with Crippen molar-refractivity contribution in [1.29, 1.82) is 0 Å². The van der Waals surface area contributed by atoms with Gasteiger partial charge in [0.05, 0.1) is 6.10 Å². The van der Waals surface area contributed by atoms with Crippen molar-refractivity contribution in [2.24, 2.45) is 0 Å². The standard InChI is InChI=1S/C13H20BrNOS/c1-8(15-4)11-5-6-13(12(14)7-11)17-10(3)9(2)16/h5-10,15-16H,1-4H3. The molecule has 0 bridgehead atoms. The van der Waals surface area contributed by atoms with Crippen LogP contribution in [0.25, 0.3) is 0 Å². The predicted octanol–water partition coefficient (Wildman–Crippen LogP) is 3.59. The molecule has 2 N–H and O–H groups in total. The van der Waals surface area contributed by atoms with Crippen LogP contribution in [0.2, 0.25) is 0 Å². The molecule has 2 nitrogen and oxygen atoms in total. The van der Waals surface area contributed by atoms with Crippen molar-refractivity contribution in [3.8, 4) is 0 Å². The lowest BCUT2D eigenvalue weighted by Gasteiger charge is -2.17. The van der Waals surface area contributed by atoms with E-state index in [4.69, 9.17) is 0 Å². The first-order valence-electron chi connectivity index (χ1n) is 5.77. The van der Waals surface area contributed by atoms with Gasteiger partial charge in [0.25, 0.3) is 0 Å². The Bertz CT molecular complexity index is 370. The highest BCUT2D eigenvalue weighted by atomic mass is 79.9. The van der Waals surface area contributed by atoms with Crippen molar-refractivity contribution in [1.82, 2.24) is 5.32 Å². The fraction of sp³-hybridized carbons (Fsp3) is 0.538. The van der Waals surface area contributed by atoms with Crippen LogP contribution in [0.3, 0.4) is 0 Å². The molecule has 96 valence electrons. The first kappa shape index (κ1) is 15.0. The summed E-state index contributed by atoms with van der Waals surface area (Å²) in [5.74, 6) is 0. The number of aliphatic hydroxyl groups excluding tert-OH is 1. The monoisotopic (exact) mass is 317 g/mol. The van der Waals surface area contributed by atoms with E-state index in [0.29, 0.717) is 6.04 Å². The normalized spacial score (nSPS) is 16.6. The van der Waals surface area contributed by atoms with Gasteiger partial charge in [-0.15, -0.1) is 11.8 Å². The smallest absolute Gasteiger partial charge is 0.0631 e. The summed E-state index contributed by atoms with van der Waals surface area (Å²) in [5.41, 5.74) is 1.26. The minimum absolute atomic E-state index is 0.193. The van der Waals surface area contributed by atoms with E-state index in [2.05, 4.69) is 46.4 Å². The van der Waals surface area contributed by atoms with Gasteiger partial charge >= 0.3 is 0 Å². The zero-order valence-electron chi connectivity index (χ0n) is 10.7. The van der Waals surface area contributed by atoms with E-state index >= 15 is 0 Å². The molecule has 0 spiro atoms. The summed E-state index contributed by atoms with van der Waals surface area (Å²) in [6.45, 7) is 5.99. The SMILES string of the molecule is CNC(C)c1ccc(SC(C)C(C)O)c(Br)c1. The minimum atomic E-state index is -0.303. The molecule has 0 heterocycles. The van der Waals surface area contributed by atoms with Gasteiger partial charge in [-0.3, -0.25) is 0 Å². The van der Waals surface area contributed by atoms with Crippen LogP contribution in [0.4, 0.5) is 0 Å². The lowest BCUT2D eigenvalue weighted by Crippen LogP contribution is -2.15. The van der Waals surface area contributed by atoms with Crippen LogP contribution in [0.15, 0.2) is 27.6 Å². The average molecular weight is 318 g/mol. The van der Waals surface area contributed by atoms with Crippen molar-refractivity contribution < 1.29 is 5.11 Å². The Morgan fingerprint density at radius 3 is 2.41 bits per heavy atom. The molecule has 1 rings (SSSR count). The Labute approximate surface area is 116 Å². The largest absolute Gasteiger partial charge is 0.392 e. The van der Waals surface area contributed by atoms with E-state index < -0.39 is 0 Å². The number of rotatable bonds is 5. The Morgan fingerprint density at radius 2 is 1.94 bits per heavy atom. The van der Waals surface area contributed by atoms with Gasteiger partial charge in [-0.25, -0.2) is 0 Å². The average Bonchev–Trinajstić information content (AvgIpc) is 2.30. The molecule has 3 atom stereocenters. The lowest BCUT2D eigenvalue weighted by molar-refractivity contribution is 0.196. The van der Waals surface area contributed by atoms with Crippen molar-refractivity contribution in [3.05, 3.63) is 28.2 Å². The van der Waals surface area contributed by atoms with Gasteiger partial charge in [0.1, 0.15) is 0 Å². The van der Waals surface area contributed by atoms with Crippen molar-refractivity contribution in [3.63, 3.8) is 0 Å². The maximum Gasteiger partial charge on any atom is 0.0631 e. The highest BCUT2D eigenvalue weighted by Crippen LogP contribution is 2.33. The summed E-state index contributed by atoms with van der Waals surface area (Å²) in [6.07, 6.45) is -0.303. The van der Waals surface area contributed by atoms with Crippen LogP contribution in [-0.2, 0) is 0 Å². The zero-order chi connectivity index (χ0) is 13.0. The van der Waals surface area contributed by atoms with E-state index in [0.717, 1.165) is 4.47 Å². The Morgan fingerprint density at radius 1 is 1.29 bits per heavy atom. The third-order valence-corrected chi connectivity index (χ3v) is 5.18. The topological polar surface area (TPSA) is 32.3 Å². The second kappa shape index (κ2) is 6.78. The summed E-state index contributed by atoms with van der Waals surface area (Å²) < 4.78 is 1.09. The Balaban J connectivity index is 2.83. The molecule has 1 aromatic rings. The van der Waals surface area contributed by atoms with Gasteiger partial charge in [0.15, 0.2) is 0 Å². The van der Waals surface area contributed by atoms with Crippen LogP contribution in [0.5, 0.6) is 0 Å². The molecule has 0 aromatic heterocycles. The quantitative estimate of drug-likeness (QED) is 0.814. The van der Waals surface area contributed by atoms with Gasteiger partial charge in [0.2, 0.25) is 0 Å². The Hall–Kier alpha value is -0.0300. The number of thioether (sulfide) groups is 1. The molecule has 0 aliphatic heterocycles. The molecule has 0 fully saturated rings.